The molecule has 0 spiro atoms. The van der Waals surface area contributed by atoms with Gasteiger partial charge >= 0.3 is 0 Å². The molecule has 2 aromatic carbocycles. The van der Waals surface area contributed by atoms with Crippen LogP contribution in [0.25, 0.3) is 0 Å². The first-order valence-electron chi connectivity index (χ1n) is 8.07. The summed E-state index contributed by atoms with van der Waals surface area (Å²) in [4.78, 5) is 8.51. The number of hydrogen-bond acceptors (Lipinski definition) is 5. The summed E-state index contributed by atoms with van der Waals surface area (Å²) in [6.07, 6.45) is 2.40. The molecule has 128 valence electrons. The first-order chi connectivity index (χ1) is 12.1. The highest BCUT2D eigenvalue weighted by Gasteiger charge is 2.10. The average Bonchev–Trinajstić information content (AvgIpc) is 2.62. The highest BCUT2D eigenvalue weighted by atomic mass is 35.5. The van der Waals surface area contributed by atoms with Crippen LogP contribution in [0.2, 0.25) is 5.02 Å². The maximum Gasteiger partial charge on any atom is 0.159 e. The maximum atomic E-state index is 6.26. The lowest BCUT2D eigenvalue weighted by atomic mass is 10.1. The van der Waals surface area contributed by atoms with Crippen LogP contribution in [-0.4, -0.2) is 9.97 Å². The van der Waals surface area contributed by atoms with Crippen LogP contribution in [0, 0.1) is 6.92 Å². The molecule has 6 heteroatoms. The van der Waals surface area contributed by atoms with E-state index in [0.29, 0.717) is 22.3 Å². The minimum Gasteiger partial charge on any atom is -0.393 e. The molecule has 0 amide bonds. The van der Waals surface area contributed by atoms with Crippen molar-refractivity contribution in [1.82, 2.24) is 9.97 Å². The largest absolute Gasteiger partial charge is 0.393 e. The first kappa shape index (κ1) is 17.0. The number of nitrogens with two attached hydrogens (primary N) is 1. The molecule has 0 aliphatic heterocycles. The number of benzene rings is 2. The minimum atomic E-state index is 0.449. The quantitative estimate of drug-likeness (QED) is 0.597. The molecule has 1 aromatic heterocycles. The zero-order valence-corrected chi connectivity index (χ0v) is 14.9. The summed E-state index contributed by atoms with van der Waals surface area (Å²) in [5.74, 6) is 1.10. The van der Waals surface area contributed by atoms with E-state index in [0.717, 1.165) is 23.4 Å². The summed E-state index contributed by atoms with van der Waals surface area (Å²) in [6, 6.07) is 13.8. The third kappa shape index (κ3) is 3.83. The Morgan fingerprint density at radius 3 is 2.48 bits per heavy atom. The van der Waals surface area contributed by atoms with Crippen LogP contribution in [0.15, 0.2) is 48.8 Å². The highest BCUT2D eigenvalue weighted by Crippen LogP contribution is 2.30. The molecule has 0 atom stereocenters. The number of para-hydroxylation sites is 1. The van der Waals surface area contributed by atoms with Crippen LogP contribution in [0.5, 0.6) is 0 Å². The van der Waals surface area contributed by atoms with Crippen molar-refractivity contribution in [2.24, 2.45) is 0 Å². The van der Waals surface area contributed by atoms with Gasteiger partial charge in [-0.2, -0.15) is 0 Å². The van der Waals surface area contributed by atoms with Crippen LogP contribution in [0.1, 0.15) is 18.1 Å². The lowest BCUT2D eigenvalue weighted by Gasteiger charge is -2.14. The Labute approximate surface area is 152 Å². The standard InChI is InChI=1S/C19H20ClN5/c1-3-13-6-4-5-7-16(13)25-19-17(21)18(22-11-23-19)24-14-9-8-12(2)15(20)10-14/h4-11H,3,21H2,1-2H3,(H2,22,23,24,25). The topological polar surface area (TPSA) is 75.9 Å². The van der Waals surface area contributed by atoms with Crippen molar-refractivity contribution in [3.8, 4) is 0 Å². The smallest absolute Gasteiger partial charge is 0.159 e. The van der Waals surface area contributed by atoms with E-state index >= 15 is 0 Å². The minimum absolute atomic E-state index is 0.449. The third-order valence-corrected chi connectivity index (χ3v) is 4.38. The second-order valence-electron chi connectivity index (χ2n) is 5.71. The Morgan fingerprint density at radius 2 is 1.76 bits per heavy atom. The van der Waals surface area contributed by atoms with Crippen molar-refractivity contribution >= 4 is 40.3 Å². The van der Waals surface area contributed by atoms with E-state index in [1.165, 1.54) is 11.9 Å². The molecule has 0 saturated carbocycles. The van der Waals surface area contributed by atoms with Gasteiger partial charge < -0.3 is 16.4 Å². The van der Waals surface area contributed by atoms with Crippen LogP contribution in [0.3, 0.4) is 0 Å². The molecule has 0 bridgehead atoms. The monoisotopic (exact) mass is 353 g/mol. The number of nitrogens with one attached hydrogen (secondary N) is 2. The Hall–Kier alpha value is -2.79. The molecule has 3 rings (SSSR count). The fourth-order valence-electron chi connectivity index (χ4n) is 2.48. The summed E-state index contributed by atoms with van der Waals surface area (Å²) in [6.45, 7) is 4.07. The molecule has 0 fully saturated rings. The predicted molar refractivity (Wildman–Crippen MR) is 105 cm³/mol. The normalized spacial score (nSPS) is 10.5. The molecule has 0 aliphatic rings. The average molecular weight is 354 g/mol. The van der Waals surface area contributed by atoms with Crippen LogP contribution in [-0.2, 0) is 6.42 Å². The Balaban J connectivity index is 1.88. The van der Waals surface area contributed by atoms with Gasteiger partial charge in [0.15, 0.2) is 11.6 Å². The third-order valence-electron chi connectivity index (χ3n) is 3.97. The number of aromatic nitrogens is 2. The second-order valence-corrected chi connectivity index (χ2v) is 6.12. The van der Waals surface area contributed by atoms with Crippen molar-refractivity contribution in [2.45, 2.75) is 20.3 Å². The van der Waals surface area contributed by atoms with Gasteiger partial charge in [-0.15, -0.1) is 0 Å². The lowest BCUT2D eigenvalue weighted by Crippen LogP contribution is -2.06. The van der Waals surface area contributed by atoms with Crippen LogP contribution in [0.4, 0.5) is 28.7 Å². The zero-order chi connectivity index (χ0) is 17.8. The van der Waals surface area contributed by atoms with E-state index in [1.54, 1.807) is 0 Å². The van der Waals surface area contributed by atoms with Gasteiger partial charge in [0, 0.05) is 16.4 Å². The molecule has 1 heterocycles. The Morgan fingerprint density at radius 1 is 1.04 bits per heavy atom. The van der Waals surface area contributed by atoms with E-state index in [1.807, 2.05) is 43.3 Å². The molecule has 0 aliphatic carbocycles. The predicted octanol–water partition coefficient (Wildman–Crippen LogP) is 5.07. The number of nitrogens with zero attached hydrogens (tertiary/aromatic N) is 2. The van der Waals surface area contributed by atoms with Gasteiger partial charge in [0.25, 0.3) is 0 Å². The van der Waals surface area contributed by atoms with E-state index in [4.69, 9.17) is 17.3 Å². The van der Waals surface area contributed by atoms with Gasteiger partial charge in [-0.25, -0.2) is 9.97 Å². The molecule has 5 nitrogen and oxygen atoms in total. The molecule has 0 radical (unpaired) electrons. The van der Waals surface area contributed by atoms with Gasteiger partial charge in [0.05, 0.1) is 0 Å². The van der Waals surface area contributed by atoms with Gasteiger partial charge in [-0.3, -0.25) is 0 Å². The van der Waals surface area contributed by atoms with Gasteiger partial charge in [0.1, 0.15) is 12.0 Å². The van der Waals surface area contributed by atoms with Crippen LogP contribution < -0.4 is 16.4 Å². The van der Waals surface area contributed by atoms with Crippen molar-refractivity contribution in [2.75, 3.05) is 16.4 Å². The van der Waals surface area contributed by atoms with Crippen molar-refractivity contribution in [3.05, 3.63) is 64.9 Å². The van der Waals surface area contributed by atoms with Gasteiger partial charge in [-0.05, 0) is 42.7 Å². The Kier molecular flexibility index (Phi) is 5.05. The van der Waals surface area contributed by atoms with E-state index < -0.39 is 0 Å². The summed E-state index contributed by atoms with van der Waals surface area (Å²) < 4.78 is 0. The summed E-state index contributed by atoms with van der Waals surface area (Å²) >= 11 is 6.18. The number of rotatable bonds is 5. The second kappa shape index (κ2) is 7.40. The number of nitrogen functional groups attached to an aromatic ring is 1. The molecule has 25 heavy (non-hydrogen) atoms. The van der Waals surface area contributed by atoms with E-state index in [2.05, 4.69) is 33.6 Å². The van der Waals surface area contributed by atoms with Crippen LogP contribution >= 0.6 is 11.6 Å². The number of hydrogen-bond donors (Lipinski definition) is 3. The fourth-order valence-corrected chi connectivity index (χ4v) is 2.66. The molecule has 3 aromatic rings. The number of halogens is 1. The maximum absolute atomic E-state index is 6.26. The molecular formula is C19H20ClN5. The van der Waals surface area contributed by atoms with Gasteiger partial charge in [0.2, 0.25) is 0 Å². The fraction of sp³-hybridized carbons (Fsp3) is 0.158. The summed E-state index contributed by atoms with van der Waals surface area (Å²) in [7, 11) is 0. The first-order valence-corrected chi connectivity index (χ1v) is 8.45. The summed E-state index contributed by atoms with van der Waals surface area (Å²) in [5.41, 5.74) is 10.7. The zero-order valence-electron chi connectivity index (χ0n) is 14.2. The molecular weight excluding hydrogens is 334 g/mol. The molecule has 0 unspecified atom stereocenters. The van der Waals surface area contributed by atoms with E-state index in [9.17, 15) is 0 Å². The van der Waals surface area contributed by atoms with E-state index in [-0.39, 0.29) is 0 Å². The number of anilines is 5. The Bertz CT molecular complexity index is 895. The summed E-state index contributed by atoms with van der Waals surface area (Å²) in [5, 5.41) is 7.18. The highest BCUT2D eigenvalue weighted by molar-refractivity contribution is 6.31. The molecule has 4 N–H and O–H groups in total. The van der Waals surface area contributed by atoms with Crippen molar-refractivity contribution in [1.29, 1.82) is 0 Å². The van der Waals surface area contributed by atoms with Crippen molar-refractivity contribution < 1.29 is 0 Å². The molecule has 0 saturated heterocycles. The number of aryl methyl sites for hydroxylation is 2. The SMILES string of the molecule is CCc1ccccc1Nc1ncnc(Nc2ccc(C)c(Cl)c2)c1N. The van der Waals surface area contributed by atoms with Gasteiger partial charge in [-0.1, -0.05) is 42.8 Å². The van der Waals surface area contributed by atoms with Crippen molar-refractivity contribution in [3.63, 3.8) is 0 Å². The lowest BCUT2D eigenvalue weighted by molar-refractivity contribution is 1.13.